The SMILES string of the molecule is COC(=O)C1=C(CCCO)NC(C)=C(C#N)C1c1ccc(F)cc1C(F)(F)F. The largest absolute Gasteiger partial charge is 0.466 e. The van der Waals surface area contributed by atoms with Crippen molar-refractivity contribution in [2.75, 3.05) is 13.7 Å². The Kier molecular flexibility index (Phi) is 6.46. The molecule has 1 aliphatic heterocycles. The number of alkyl halides is 3. The summed E-state index contributed by atoms with van der Waals surface area (Å²) < 4.78 is 59.0. The van der Waals surface area contributed by atoms with Crippen molar-refractivity contribution in [1.29, 1.82) is 5.26 Å². The van der Waals surface area contributed by atoms with E-state index in [0.717, 1.165) is 19.2 Å². The van der Waals surface area contributed by atoms with Crippen LogP contribution in [0.15, 0.2) is 40.7 Å². The number of nitriles is 1. The molecule has 1 aliphatic rings. The summed E-state index contributed by atoms with van der Waals surface area (Å²) in [5, 5.41) is 21.5. The molecule has 1 aromatic rings. The van der Waals surface area contributed by atoms with Crippen LogP contribution >= 0.6 is 0 Å². The lowest BCUT2D eigenvalue weighted by molar-refractivity contribution is -0.139. The average Bonchev–Trinajstić information content (AvgIpc) is 2.64. The second kappa shape index (κ2) is 8.44. The molecule has 28 heavy (non-hydrogen) atoms. The maximum atomic E-state index is 13.6. The Labute approximate surface area is 158 Å². The predicted molar refractivity (Wildman–Crippen MR) is 91.0 cm³/mol. The van der Waals surface area contributed by atoms with E-state index in [1.54, 1.807) is 0 Å². The number of nitrogens with zero attached hydrogens (tertiary/aromatic N) is 1. The van der Waals surface area contributed by atoms with Gasteiger partial charge in [-0.25, -0.2) is 9.18 Å². The number of hydrogen-bond donors (Lipinski definition) is 2. The molecule has 0 saturated carbocycles. The molecular weight excluding hydrogens is 380 g/mol. The minimum atomic E-state index is -4.90. The molecule has 1 unspecified atom stereocenters. The van der Waals surface area contributed by atoms with Crippen LogP contribution in [0.2, 0.25) is 0 Å². The van der Waals surface area contributed by atoms with E-state index in [-0.39, 0.29) is 42.0 Å². The minimum Gasteiger partial charge on any atom is -0.466 e. The topological polar surface area (TPSA) is 82.3 Å². The van der Waals surface area contributed by atoms with E-state index in [2.05, 4.69) is 5.32 Å². The molecular formula is C19H18F4N2O3. The van der Waals surface area contributed by atoms with Crippen LogP contribution in [-0.4, -0.2) is 24.8 Å². The van der Waals surface area contributed by atoms with Gasteiger partial charge >= 0.3 is 12.1 Å². The highest BCUT2D eigenvalue weighted by atomic mass is 19.4. The number of nitrogens with one attached hydrogen (secondary N) is 1. The van der Waals surface area contributed by atoms with Gasteiger partial charge < -0.3 is 15.2 Å². The zero-order valence-corrected chi connectivity index (χ0v) is 15.2. The van der Waals surface area contributed by atoms with Crippen LogP contribution in [0.5, 0.6) is 0 Å². The molecule has 0 saturated heterocycles. The number of aliphatic hydroxyl groups is 1. The van der Waals surface area contributed by atoms with E-state index in [9.17, 15) is 27.6 Å². The van der Waals surface area contributed by atoms with E-state index in [4.69, 9.17) is 9.84 Å². The Morgan fingerprint density at radius 2 is 2.07 bits per heavy atom. The van der Waals surface area contributed by atoms with Gasteiger partial charge in [-0.1, -0.05) is 6.07 Å². The zero-order valence-electron chi connectivity index (χ0n) is 15.2. The lowest BCUT2D eigenvalue weighted by Crippen LogP contribution is -2.30. The highest BCUT2D eigenvalue weighted by molar-refractivity contribution is 5.93. The fourth-order valence-electron chi connectivity index (χ4n) is 3.19. The van der Waals surface area contributed by atoms with Gasteiger partial charge in [0.25, 0.3) is 0 Å². The first kappa shape index (κ1) is 21.4. The van der Waals surface area contributed by atoms with Gasteiger partial charge in [0.1, 0.15) is 5.82 Å². The lowest BCUT2D eigenvalue weighted by Gasteiger charge is -2.31. The quantitative estimate of drug-likeness (QED) is 0.586. The van der Waals surface area contributed by atoms with Crippen LogP contribution in [-0.2, 0) is 15.7 Å². The number of allylic oxidation sites excluding steroid dienone is 3. The van der Waals surface area contributed by atoms with Gasteiger partial charge in [0, 0.05) is 18.0 Å². The third-order valence-electron chi connectivity index (χ3n) is 4.39. The molecule has 2 N–H and O–H groups in total. The molecule has 0 fully saturated rings. The molecule has 0 spiro atoms. The summed E-state index contributed by atoms with van der Waals surface area (Å²) in [7, 11) is 1.07. The van der Waals surface area contributed by atoms with Gasteiger partial charge in [-0.15, -0.1) is 0 Å². The smallest absolute Gasteiger partial charge is 0.416 e. The lowest BCUT2D eigenvalue weighted by atomic mass is 9.78. The number of carbonyl (C=O) groups is 1. The van der Waals surface area contributed by atoms with Gasteiger partial charge in [0.15, 0.2) is 0 Å². The maximum Gasteiger partial charge on any atom is 0.416 e. The standard InChI is InChI=1S/C19H18F4N2O3/c1-10-13(9-24)16(12-6-5-11(20)8-14(12)19(21,22)23)17(18(27)28-2)15(25-10)4-3-7-26/h5-6,8,16,25-26H,3-4,7H2,1-2H3. The van der Waals surface area contributed by atoms with Crippen LogP contribution < -0.4 is 5.32 Å². The number of halogens is 4. The van der Waals surface area contributed by atoms with Crippen LogP contribution in [0.3, 0.4) is 0 Å². The summed E-state index contributed by atoms with van der Waals surface area (Å²) >= 11 is 0. The first-order valence-corrected chi connectivity index (χ1v) is 8.32. The Balaban J connectivity index is 2.82. The van der Waals surface area contributed by atoms with Crippen molar-refractivity contribution in [3.63, 3.8) is 0 Å². The van der Waals surface area contributed by atoms with Crippen LogP contribution in [0, 0.1) is 17.1 Å². The number of benzene rings is 1. The highest BCUT2D eigenvalue weighted by Gasteiger charge is 2.41. The van der Waals surface area contributed by atoms with Gasteiger partial charge in [-0.05, 0) is 37.5 Å². The first-order valence-electron chi connectivity index (χ1n) is 8.32. The van der Waals surface area contributed by atoms with Gasteiger partial charge in [0.2, 0.25) is 0 Å². The molecule has 1 aromatic carbocycles. The second-order valence-corrected chi connectivity index (χ2v) is 6.15. The Morgan fingerprint density at radius 1 is 1.39 bits per heavy atom. The molecule has 5 nitrogen and oxygen atoms in total. The molecule has 0 radical (unpaired) electrons. The van der Waals surface area contributed by atoms with Crippen LogP contribution in [0.25, 0.3) is 0 Å². The van der Waals surface area contributed by atoms with Crippen molar-refractivity contribution in [2.45, 2.75) is 31.9 Å². The van der Waals surface area contributed by atoms with Crippen LogP contribution in [0.4, 0.5) is 17.6 Å². The van der Waals surface area contributed by atoms with Gasteiger partial charge in [-0.2, -0.15) is 18.4 Å². The summed E-state index contributed by atoms with van der Waals surface area (Å²) in [6, 6.07) is 3.95. The van der Waals surface area contributed by atoms with Crippen molar-refractivity contribution in [3.8, 4) is 6.07 Å². The fraction of sp³-hybridized carbons (Fsp3) is 0.368. The van der Waals surface area contributed by atoms with E-state index in [1.807, 2.05) is 6.07 Å². The highest BCUT2D eigenvalue weighted by Crippen LogP contribution is 2.44. The third-order valence-corrected chi connectivity index (χ3v) is 4.39. The van der Waals surface area contributed by atoms with Crippen molar-refractivity contribution in [2.24, 2.45) is 0 Å². The Bertz CT molecular complexity index is 882. The molecule has 9 heteroatoms. The average molecular weight is 398 g/mol. The fourth-order valence-corrected chi connectivity index (χ4v) is 3.19. The van der Waals surface area contributed by atoms with Crippen molar-refractivity contribution in [1.82, 2.24) is 5.32 Å². The van der Waals surface area contributed by atoms with Gasteiger partial charge in [-0.3, -0.25) is 0 Å². The number of carbonyl (C=O) groups excluding carboxylic acids is 1. The number of hydrogen-bond acceptors (Lipinski definition) is 5. The molecule has 2 rings (SSSR count). The summed E-state index contributed by atoms with van der Waals surface area (Å²) in [6.45, 7) is 1.29. The normalized spacial score (nSPS) is 17.3. The first-order chi connectivity index (χ1) is 13.1. The molecule has 0 aromatic heterocycles. The van der Waals surface area contributed by atoms with Crippen molar-refractivity contribution < 1.29 is 32.2 Å². The number of esters is 1. The van der Waals surface area contributed by atoms with E-state index < -0.39 is 35.0 Å². The number of ether oxygens (including phenoxy) is 1. The molecule has 1 atom stereocenters. The van der Waals surface area contributed by atoms with Crippen molar-refractivity contribution in [3.05, 3.63) is 57.7 Å². The van der Waals surface area contributed by atoms with E-state index in [1.165, 1.54) is 6.92 Å². The number of rotatable bonds is 5. The summed E-state index contributed by atoms with van der Waals surface area (Å²) in [6.07, 6.45) is -4.51. The third kappa shape index (κ3) is 4.17. The molecule has 1 heterocycles. The molecule has 0 bridgehead atoms. The zero-order chi connectivity index (χ0) is 21.1. The van der Waals surface area contributed by atoms with Crippen molar-refractivity contribution >= 4 is 5.97 Å². The summed E-state index contributed by atoms with van der Waals surface area (Å²) in [4.78, 5) is 12.5. The second-order valence-electron chi connectivity index (χ2n) is 6.15. The monoisotopic (exact) mass is 398 g/mol. The molecule has 0 aliphatic carbocycles. The van der Waals surface area contributed by atoms with Gasteiger partial charge in [0.05, 0.1) is 35.8 Å². The predicted octanol–water partition coefficient (Wildman–Crippen LogP) is 3.53. The molecule has 150 valence electrons. The summed E-state index contributed by atoms with van der Waals surface area (Å²) in [5.41, 5.74) is -1.46. The minimum absolute atomic E-state index is 0.106. The van der Waals surface area contributed by atoms with Crippen LogP contribution in [0.1, 0.15) is 36.8 Å². The summed E-state index contributed by atoms with van der Waals surface area (Å²) in [5.74, 6) is -3.39. The van der Waals surface area contributed by atoms with E-state index >= 15 is 0 Å². The van der Waals surface area contributed by atoms with E-state index in [0.29, 0.717) is 6.07 Å². The Morgan fingerprint density at radius 3 is 2.61 bits per heavy atom. The Hall–Kier alpha value is -2.86. The number of methoxy groups -OCH3 is 1. The number of aliphatic hydroxyl groups excluding tert-OH is 1. The number of dihydropyridines is 1. The maximum absolute atomic E-state index is 13.6. The molecule has 0 amide bonds.